The molecule has 0 atom stereocenters. The van der Waals surface area contributed by atoms with Gasteiger partial charge in [-0.15, -0.1) is 0 Å². The van der Waals surface area contributed by atoms with E-state index in [9.17, 15) is 4.79 Å². The summed E-state index contributed by atoms with van der Waals surface area (Å²) in [6.45, 7) is 2.68. The fraction of sp³-hybridized carbons (Fsp3) is 0.462. The number of benzene rings is 1. The number of aromatic amines is 2. The molecule has 0 bridgehead atoms. The first kappa shape index (κ1) is 12.9. The molecule has 1 aromatic heterocycles. The van der Waals surface area contributed by atoms with Gasteiger partial charge in [0.2, 0.25) is 0 Å². The number of nitrogens with one attached hydrogen (secondary N) is 2. The van der Waals surface area contributed by atoms with Crippen LogP contribution in [0.4, 0.5) is 0 Å². The molecule has 5 nitrogen and oxygen atoms in total. The van der Waals surface area contributed by atoms with E-state index >= 15 is 0 Å². The van der Waals surface area contributed by atoms with Gasteiger partial charge in [0.25, 0.3) is 0 Å². The number of imidazole rings is 1. The number of likely N-dealkylation sites (N-methyl/N-ethyl adjacent to an activating group) is 1. The van der Waals surface area contributed by atoms with Crippen LogP contribution in [0.15, 0.2) is 23.0 Å². The van der Waals surface area contributed by atoms with Crippen molar-refractivity contribution in [2.75, 3.05) is 26.7 Å². The summed E-state index contributed by atoms with van der Waals surface area (Å²) in [5.74, 6) is 0. The second kappa shape index (κ2) is 5.84. The van der Waals surface area contributed by atoms with E-state index in [0.717, 1.165) is 37.0 Å². The van der Waals surface area contributed by atoms with Crippen molar-refractivity contribution < 1.29 is 0 Å². The Morgan fingerprint density at radius 1 is 1.22 bits per heavy atom. The molecule has 0 saturated carbocycles. The predicted molar refractivity (Wildman–Crippen MR) is 73.8 cm³/mol. The number of H-pyrrole nitrogens is 2. The van der Waals surface area contributed by atoms with Crippen molar-refractivity contribution in [2.24, 2.45) is 5.73 Å². The van der Waals surface area contributed by atoms with E-state index in [0.29, 0.717) is 6.54 Å². The number of nitrogens with zero attached hydrogens (tertiary/aromatic N) is 1. The van der Waals surface area contributed by atoms with Gasteiger partial charge in [-0.2, -0.15) is 0 Å². The van der Waals surface area contributed by atoms with Gasteiger partial charge >= 0.3 is 5.69 Å². The molecule has 2 rings (SSSR count). The van der Waals surface area contributed by atoms with Gasteiger partial charge in [-0.3, -0.25) is 0 Å². The minimum absolute atomic E-state index is 0.148. The highest BCUT2D eigenvalue weighted by Crippen LogP contribution is 2.11. The molecule has 18 heavy (non-hydrogen) atoms. The van der Waals surface area contributed by atoms with Gasteiger partial charge < -0.3 is 20.6 Å². The molecule has 0 spiro atoms. The zero-order valence-corrected chi connectivity index (χ0v) is 10.7. The van der Waals surface area contributed by atoms with E-state index in [1.165, 1.54) is 5.56 Å². The van der Waals surface area contributed by atoms with E-state index in [4.69, 9.17) is 5.73 Å². The van der Waals surface area contributed by atoms with E-state index in [1.54, 1.807) is 0 Å². The van der Waals surface area contributed by atoms with Gasteiger partial charge in [-0.25, -0.2) is 4.79 Å². The second-order valence-electron chi connectivity index (χ2n) is 4.65. The fourth-order valence-corrected chi connectivity index (χ4v) is 2.12. The Labute approximate surface area is 106 Å². The first-order chi connectivity index (χ1) is 8.69. The van der Waals surface area contributed by atoms with Crippen LogP contribution in [0.5, 0.6) is 0 Å². The van der Waals surface area contributed by atoms with Crippen LogP contribution < -0.4 is 11.4 Å². The molecule has 1 aromatic carbocycles. The molecule has 1 heterocycles. The lowest BCUT2D eigenvalue weighted by atomic mass is 10.1. The van der Waals surface area contributed by atoms with Gasteiger partial charge in [0.15, 0.2) is 0 Å². The maximum atomic E-state index is 11.1. The molecule has 2 aromatic rings. The lowest BCUT2D eigenvalue weighted by Crippen LogP contribution is -2.26. The summed E-state index contributed by atoms with van der Waals surface area (Å²) in [4.78, 5) is 18.9. The van der Waals surface area contributed by atoms with Crippen LogP contribution in [-0.2, 0) is 6.42 Å². The van der Waals surface area contributed by atoms with E-state index < -0.39 is 0 Å². The van der Waals surface area contributed by atoms with Gasteiger partial charge in [0.05, 0.1) is 11.0 Å². The standard InChI is InChI=1S/C13H20N4O/c1-17(8-6-14)7-2-3-10-4-5-11-12(9-10)16-13(18)15-11/h4-5,9H,2-3,6-8,14H2,1H3,(H2,15,16,18). The second-order valence-corrected chi connectivity index (χ2v) is 4.65. The van der Waals surface area contributed by atoms with Crippen molar-refractivity contribution >= 4 is 11.0 Å². The molecule has 0 amide bonds. The molecule has 0 fully saturated rings. The Balaban J connectivity index is 1.93. The molecular weight excluding hydrogens is 228 g/mol. The first-order valence-electron chi connectivity index (χ1n) is 6.28. The molecule has 98 valence electrons. The third kappa shape index (κ3) is 3.21. The van der Waals surface area contributed by atoms with Gasteiger partial charge in [-0.1, -0.05) is 6.07 Å². The van der Waals surface area contributed by atoms with Crippen LogP contribution in [-0.4, -0.2) is 41.5 Å². The number of aromatic nitrogens is 2. The van der Waals surface area contributed by atoms with Crippen molar-refractivity contribution in [3.63, 3.8) is 0 Å². The van der Waals surface area contributed by atoms with Crippen LogP contribution in [0, 0.1) is 0 Å². The third-order valence-corrected chi connectivity index (χ3v) is 3.10. The molecule has 4 N–H and O–H groups in total. The molecule has 0 radical (unpaired) electrons. The lowest BCUT2D eigenvalue weighted by molar-refractivity contribution is 0.338. The average Bonchev–Trinajstić information content (AvgIpc) is 2.69. The summed E-state index contributed by atoms with van der Waals surface area (Å²) in [6, 6.07) is 6.05. The summed E-state index contributed by atoms with van der Waals surface area (Å²) >= 11 is 0. The Kier molecular flexibility index (Phi) is 4.17. The van der Waals surface area contributed by atoms with Crippen LogP contribution >= 0.6 is 0 Å². The number of aryl methyl sites for hydroxylation is 1. The monoisotopic (exact) mass is 248 g/mol. The summed E-state index contributed by atoms with van der Waals surface area (Å²) in [5.41, 5.74) is 8.35. The highest BCUT2D eigenvalue weighted by atomic mass is 16.1. The van der Waals surface area contributed by atoms with Crippen molar-refractivity contribution in [3.05, 3.63) is 34.2 Å². The SMILES string of the molecule is CN(CCN)CCCc1ccc2[nH]c(=O)[nH]c2c1. The van der Waals surface area contributed by atoms with E-state index in [-0.39, 0.29) is 5.69 Å². The Morgan fingerprint density at radius 3 is 2.78 bits per heavy atom. The van der Waals surface area contributed by atoms with Crippen LogP contribution in [0.2, 0.25) is 0 Å². The summed E-state index contributed by atoms with van der Waals surface area (Å²) in [7, 11) is 2.08. The third-order valence-electron chi connectivity index (χ3n) is 3.10. The largest absolute Gasteiger partial charge is 0.329 e. The van der Waals surface area contributed by atoms with Gasteiger partial charge in [-0.05, 0) is 44.1 Å². The normalized spacial score (nSPS) is 11.5. The van der Waals surface area contributed by atoms with Crippen molar-refractivity contribution in [1.29, 1.82) is 0 Å². The lowest BCUT2D eigenvalue weighted by Gasteiger charge is -2.14. The minimum Gasteiger partial charge on any atom is -0.329 e. The fourth-order valence-electron chi connectivity index (χ4n) is 2.12. The zero-order valence-electron chi connectivity index (χ0n) is 10.7. The molecule has 0 saturated heterocycles. The molecule has 0 aliphatic carbocycles. The highest BCUT2D eigenvalue weighted by Gasteiger charge is 2.01. The molecule has 5 heteroatoms. The van der Waals surface area contributed by atoms with E-state index in [1.807, 2.05) is 12.1 Å². The highest BCUT2D eigenvalue weighted by molar-refractivity contribution is 5.74. The van der Waals surface area contributed by atoms with E-state index in [2.05, 4.69) is 28.0 Å². The topological polar surface area (TPSA) is 77.9 Å². The number of nitrogens with two attached hydrogens (primary N) is 1. The number of fused-ring (bicyclic) bond motifs is 1. The number of hydrogen-bond donors (Lipinski definition) is 3. The van der Waals surface area contributed by atoms with Crippen LogP contribution in [0.1, 0.15) is 12.0 Å². The number of hydrogen-bond acceptors (Lipinski definition) is 3. The van der Waals surface area contributed by atoms with Gasteiger partial charge in [0.1, 0.15) is 0 Å². The average molecular weight is 248 g/mol. The number of rotatable bonds is 6. The Hall–Kier alpha value is -1.59. The summed E-state index contributed by atoms with van der Waals surface area (Å²) in [6.07, 6.45) is 2.11. The molecule has 0 unspecified atom stereocenters. The Morgan fingerprint density at radius 2 is 2.00 bits per heavy atom. The maximum absolute atomic E-state index is 11.1. The van der Waals surface area contributed by atoms with Crippen molar-refractivity contribution in [2.45, 2.75) is 12.8 Å². The maximum Gasteiger partial charge on any atom is 0.323 e. The molecular formula is C13H20N4O. The van der Waals surface area contributed by atoms with Crippen LogP contribution in [0.25, 0.3) is 11.0 Å². The smallest absolute Gasteiger partial charge is 0.323 e. The zero-order chi connectivity index (χ0) is 13.0. The Bertz CT molecular complexity index is 557. The summed E-state index contributed by atoms with van der Waals surface area (Å²) in [5, 5.41) is 0. The van der Waals surface area contributed by atoms with Crippen LogP contribution in [0.3, 0.4) is 0 Å². The van der Waals surface area contributed by atoms with Crippen molar-refractivity contribution in [1.82, 2.24) is 14.9 Å². The quantitative estimate of drug-likeness (QED) is 0.703. The molecule has 0 aliphatic heterocycles. The predicted octanol–water partition coefficient (Wildman–Crippen LogP) is 0.679. The van der Waals surface area contributed by atoms with Crippen molar-refractivity contribution in [3.8, 4) is 0 Å². The summed E-state index contributed by atoms with van der Waals surface area (Å²) < 4.78 is 0. The first-order valence-corrected chi connectivity index (χ1v) is 6.28. The molecule has 0 aliphatic rings. The minimum atomic E-state index is -0.148. The van der Waals surface area contributed by atoms with Gasteiger partial charge in [0, 0.05) is 13.1 Å².